The Morgan fingerprint density at radius 2 is 1.57 bits per heavy atom. The first-order chi connectivity index (χ1) is 9.66. The Bertz CT molecular complexity index is 623. The first-order valence-electron chi connectivity index (χ1n) is 6.40. The maximum atomic E-state index is 11.8. The predicted octanol–water partition coefficient (Wildman–Crippen LogP) is 2.80. The van der Waals surface area contributed by atoms with E-state index in [9.17, 15) is 14.4 Å². The van der Waals surface area contributed by atoms with Crippen molar-refractivity contribution in [3.63, 3.8) is 0 Å². The zero-order valence-corrected chi connectivity index (χ0v) is 13.5. The normalized spacial score (nSPS) is 10.2. The van der Waals surface area contributed by atoms with Crippen molar-refractivity contribution in [3.05, 3.63) is 27.8 Å². The number of hydrogen-bond acceptors (Lipinski definition) is 4. The van der Waals surface area contributed by atoms with Crippen LogP contribution in [0.4, 0.5) is 5.69 Å². The average molecular weight is 312 g/mol. The number of anilines is 1. The SMILES string of the molecule is CC(=O)OCC(=O)Nc1c(C)c(C)c(C)c(C(=O)Cl)c1C. The zero-order valence-electron chi connectivity index (χ0n) is 12.7. The van der Waals surface area contributed by atoms with Crippen LogP contribution < -0.4 is 5.32 Å². The molecular formula is C15H18ClNO4. The molecule has 1 N–H and O–H groups in total. The van der Waals surface area contributed by atoms with Gasteiger partial charge in [0.1, 0.15) is 0 Å². The van der Waals surface area contributed by atoms with E-state index in [-0.39, 0.29) is 6.61 Å². The molecule has 0 aliphatic heterocycles. The molecule has 0 aliphatic rings. The fraction of sp³-hybridized carbons (Fsp3) is 0.400. The van der Waals surface area contributed by atoms with Crippen LogP contribution in [0.15, 0.2) is 0 Å². The van der Waals surface area contributed by atoms with Gasteiger partial charge in [0.2, 0.25) is 0 Å². The highest BCUT2D eigenvalue weighted by atomic mass is 35.5. The number of rotatable bonds is 4. The number of hydrogen-bond donors (Lipinski definition) is 1. The first-order valence-corrected chi connectivity index (χ1v) is 6.78. The van der Waals surface area contributed by atoms with Crippen molar-refractivity contribution >= 4 is 34.4 Å². The number of carbonyl (C=O) groups is 3. The maximum Gasteiger partial charge on any atom is 0.303 e. The van der Waals surface area contributed by atoms with Crippen molar-refractivity contribution < 1.29 is 19.1 Å². The Morgan fingerprint density at radius 3 is 2.05 bits per heavy atom. The fourth-order valence-corrected chi connectivity index (χ4v) is 2.45. The quantitative estimate of drug-likeness (QED) is 0.685. The Hall–Kier alpha value is -1.88. The molecule has 0 atom stereocenters. The molecule has 5 nitrogen and oxygen atoms in total. The number of halogens is 1. The van der Waals surface area contributed by atoms with E-state index < -0.39 is 17.1 Å². The van der Waals surface area contributed by atoms with Crippen LogP contribution in [0.25, 0.3) is 0 Å². The van der Waals surface area contributed by atoms with Gasteiger partial charge in [0.25, 0.3) is 11.1 Å². The van der Waals surface area contributed by atoms with Crippen LogP contribution in [0.2, 0.25) is 0 Å². The van der Waals surface area contributed by atoms with Gasteiger partial charge in [-0.3, -0.25) is 14.4 Å². The number of esters is 1. The molecule has 1 amide bonds. The van der Waals surface area contributed by atoms with Crippen molar-refractivity contribution in [1.82, 2.24) is 0 Å². The molecule has 0 radical (unpaired) electrons. The lowest BCUT2D eigenvalue weighted by atomic mass is 9.92. The van der Waals surface area contributed by atoms with Crippen molar-refractivity contribution in [2.24, 2.45) is 0 Å². The smallest absolute Gasteiger partial charge is 0.303 e. The summed E-state index contributed by atoms with van der Waals surface area (Å²) in [5.74, 6) is -0.997. The number of carbonyl (C=O) groups excluding carboxylic acids is 3. The standard InChI is InChI=1S/C15H18ClNO4/c1-7-8(2)13(15(16)20)10(4)14(9(7)3)17-12(19)6-21-11(5)18/h6H2,1-5H3,(H,17,19). The summed E-state index contributed by atoms with van der Waals surface area (Å²) in [4.78, 5) is 34.1. The first kappa shape index (κ1) is 17.2. The predicted molar refractivity (Wildman–Crippen MR) is 80.8 cm³/mol. The van der Waals surface area contributed by atoms with Crippen LogP contribution in [0.1, 0.15) is 39.5 Å². The molecule has 0 heterocycles. The van der Waals surface area contributed by atoms with Crippen LogP contribution in [-0.2, 0) is 14.3 Å². The Morgan fingerprint density at radius 1 is 1.00 bits per heavy atom. The van der Waals surface area contributed by atoms with E-state index in [1.807, 2.05) is 20.8 Å². The van der Waals surface area contributed by atoms with Crippen molar-refractivity contribution in [2.75, 3.05) is 11.9 Å². The lowest BCUT2D eigenvalue weighted by molar-refractivity contribution is -0.144. The molecule has 21 heavy (non-hydrogen) atoms. The minimum atomic E-state index is -0.566. The van der Waals surface area contributed by atoms with Gasteiger partial charge < -0.3 is 10.1 Å². The highest BCUT2D eigenvalue weighted by Gasteiger charge is 2.20. The molecule has 6 heteroatoms. The van der Waals surface area contributed by atoms with Crippen molar-refractivity contribution in [3.8, 4) is 0 Å². The molecule has 0 bridgehead atoms. The second-order valence-corrected chi connectivity index (χ2v) is 5.20. The summed E-state index contributed by atoms with van der Waals surface area (Å²) in [6.07, 6.45) is 0. The lowest BCUT2D eigenvalue weighted by Crippen LogP contribution is -2.22. The van der Waals surface area contributed by atoms with Gasteiger partial charge in [0.15, 0.2) is 6.61 Å². The molecule has 1 aromatic carbocycles. The van der Waals surface area contributed by atoms with Crippen LogP contribution in [0.5, 0.6) is 0 Å². The van der Waals surface area contributed by atoms with Gasteiger partial charge in [0.05, 0.1) is 0 Å². The zero-order chi connectivity index (χ0) is 16.3. The number of ether oxygens (including phenoxy) is 1. The lowest BCUT2D eigenvalue weighted by Gasteiger charge is -2.19. The average Bonchev–Trinajstić information content (AvgIpc) is 2.38. The molecule has 114 valence electrons. The minimum Gasteiger partial charge on any atom is -0.456 e. The van der Waals surface area contributed by atoms with E-state index in [4.69, 9.17) is 11.6 Å². The van der Waals surface area contributed by atoms with E-state index in [0.717, 1.165) is 16.7 Å². The Balaban J connectivity index is 3.21. The molecule has 0 unspecified atom stereocenters. The number of benzene rings is 1. The van der Waals surface area contributed by atoms with Crippen LogP contribution >= 0.6 is 11.6 Å². The van der Waals surface area contributed by atoms with E-state index in [1.54, 1.807) is 6.92 Å². The van der Waals surface area contributed by atoms with Crippen molar-refractivity contribution in [1.29, 1.82) is 0 Å². The molecule has 0 aromatic heterocycles. The number of amides is 1. The molecule has 0 spiro atoms. The minimum absolute atomic E-state index is 0.370. The monoisotopic (exact) mass is 311 g/mol. The summed E-state index contributed by atoms with van der Waals surface area (Å²) in [5, 5.41) is 2.10. The van der Waals surface area contributed by atoms with E-state index in [2.05, 4.69) is 10.1 Å². The third-order valence-electron chi connectivity index (χ3n) is 3.49. The summed E-state index contributed by atoms with van der Waals surface area (Å²) in [7, 11) is 0. The second-order valence-electron chi connectivity index (χ2n) is 4.85. The maximum absolute atomic E-state index is 11.8. The van der Waals surface area contributed by atoms with Gasteiger partial charge >= 0.3 is 5.97 Å². The molecule has 1 aromatic rings. The largest absolute Gasteiger partial charge is 0.456 e. The third kappa shape index (κ3) is 3.82. The van der Waals surface area contributed by atoms with Gasteiger partial charge in [-0.05, 0) is 61.5 Å². The summed E-state index contributed by atoms with van der Waals surface area (Å²) >= 11 is 5.63. The molecule has 0 aliphatic carbocycles. The summed E-state index contributed by atoms with van der Waals surface area (Å²) < 4.78 is 4.64. The van der Waals surface area contributed by atoms with Crippen LogP contribution in [0.3, 0.4) is 0 Å². The van der Waals surface area contributed by atoms with Crippen LogP contribution in [0, 0.1) is 27.7 Å². The number of nitrogens with one attached hydrogen (secondary N) is 1. The van der Waals surface area contributed by atoms with Gasteiger partial charge in [0, 0.05) is 18.2 Å². The molecule has 0 saturated carbocycles. The molecule has 0 saturated heterocycles. The van der Waals surface area contributed by atoms with E-state index in [1.165, 1.54) is 6.92 Å². The summed E-state index contributed by atoms with van der Waals surface area (Å²) in [6.45, 7) is 8.09. The van der Waals surface area contributed by atoms with Gasteiger partial charge in [-0.1, -0.05) is 0 Å². The van der Waals surface area contributed by atoms with E-state index >= 15 is 0 Å². The van der Waals surface area contributed by atoms with Gasteiger partial charge in [-0.15, -0.1) is 0 Å². The highest BCUT2D eigenvalue weighted by Crippen LogP contribution is 2.31. The summed E-state index contributed by atoms with van der Waals surface area (Å²) in [6, 6.07) is 0. The van der Waals surface area contributed by atoms with Gasteiger partial charge in [-0.2, -0.15) is 0 Å². The highest BCUT2D eigenvalue weighted by molar-refractivity contribution is 6.68. The fourth-order valence-electron chi connectivity index (χ4n) is 2.17. The van der Waals surface area contributed by atoms with Crippen LogP contribution in [-0.4, -0.2) is 23.7 Å². The second kappa shape index (κ2) is 6.72. The third-order valence-corrected chi connectivity index (χ3v) is 3.68. The van der Waals surface area contributed by atoms with Gasteiger partial charge in [-0.25, -0.2) is 0 Å². The molecular weight excluding hydrogens is 294 g/mol. The van der Waals surface area contributed by atoms with E-state index in [0.29, 0.717) is 16.8 Å². The Kier molecular flexibility index (Phi) is 5.49. The topological polar surface area (TPSA) is 72.5 Å². The molecule has 1 rings (SSSR count). The molecule has 0 fully saturated rings. The Labute approximate surface area is 128 Å². The van der Waals surface area contributed by atoms with Crippen molar-refractivity contribution in [2.45, 2.75) is 34.6 Å². The summed E-state index contributed by atoms with van der Waals surface area (Å²) in [5.41, 5.74) is 4.05.